The Morgan fingerprint density at radius 2 is 1.73 bits per heavy atom. The fourth-order valence-electron chi connectivity index (χ4n) is 3.87. The number of hydrogen-bond donors (Lipinski definition) is 0. The lowest BCUT2D eigenvalue weighted by Gasteiger charge is -2.32. The van der Waals surface area contributed by atoms with Gasteiger partial charge in [-0.25, -0.2) is 0 Å². The molecule has 0 saturated carbocycles. The molecule has 1 spiro atoms. The second kappa shape index (κ2) is 9.15. The van der Waals surface area contributed by atoms with E-state index in [9.17, 15) is 4.79 Å². The molecule has 2 aromatic carbocycles. The number of anilines is 1. The minimum absolute atomic E-state index is 0.299. The Morgan fingerprint density at radius 1 is 1.03 bits per heavy atom. The maximum Gasteiger partial charge on any atom is 0.292 e. The first-order chi connectivity index (χ1) is 14.6. The average molecular weight is 450 g/mol. The Kier molecular flexibility index (Phi) is 6.54. The molecule has 0 aromatic heterocycles. The molecule has 7 heteroatoms. The zero-order valence-electron chi connectivity index (χ0n) is 17.0. The van der Waals surface area contributed by atoms with E-state index in [-0.39, 0.29) is 5.91 Å². The maximum absolute atomic E-state index is 13.5. The lowest BCUT2D eigenvalue weighted by Crippen LogP contribution is -2.47. The van der Waals surface area contributed by atoms with Crippen LogP contribution in [0.4, 0.5) is 5.69 Å². The predicted molar refractivity (Wildman–Crippen MR) is 117 cm³/mol. The molecule has 0 aliphatic carbocycles. The van der Waals surface area contributed by atoms with Crippen molar-refractivity contribution in [2.24, 2.45) is 0 Å². The van der Waals surface area contributed by atoms with Gasteiger partial charge in [0.1, 0.15) is 5.75 Å². The SMILES string of the molecule is CCCCCOc1ccc(CN2C(=O)C3(OCCCO3)c3c(Cl)ccc(Cl)c32)cc1. The minimum atomic E-state index is -1.52. The number of rotatable bonds is 7. The molecule has 1 saturated heterocycles. The molecular weight excluding hydrogens is 425 g/mol. The predicted octanol–water partition coefficient (Wildman–Crippen LogP) is 5.70. The second-order valence-corrected chi connectivity index (χ2v) is 8.33. The molecule has 2 heterocycles. The second-order valence-electron chi connectivity index (χ2n) is 7.51. The summed E-state index contributed by atoms with van der Waals surface area (Å²) in [5, 5.41) is 0.844. The highest BCUT2D eigenvalue weighted by Gasteiger charge is 2.56. The largest absolute Gasteiger partial charge is 0.494 e. The number of benzene rings is 2. The van der Waals surface area contributed by atoms with E-state index in [1.165, 1.54) is 0 Å². The van der Waals surface area contributed by atoms with Crippen LogP contribution in [0.2, 0.25) is 10.0 Å². The number of fused-ring (bicyclic) bond motifs is 2. The molecule has 0 N–H and O–H groups in total. The molecule has 4 rings (SSSR count). The van der Waals surface area contributed by atoms with E-state index in [0.29, 0.717) is 47.7 Å². The van der Waals surface area contributed by atoms with Crippen molar-refractivity contribution < 1.29 is 19.0 Å². The van der Waals surface area contributed by atoms with Crippen LogP contribution in [0.1, 0.15) is 43.7 Å². The number of nitrogens with zero attached hydrogens (tertiary/aromatic N) is 1. The van der Waals surface area contributed by atoms with E-state index in [4.69, 9.17) is 37.4 Å². The van der Waals surface area contributed by atoms with Gasteiger partial charge in [-0.1, -0.05) is 55.1 Å². The van der Waals surface area contributed by atoms with Gasteiger partial charge in [0.25, 0.3) is 11.7 Å². The fraction of sp³-hybridized carbons (Fsp3) is 0.435. The third-order valence-corrected chi connectivity index (χ3v) is 6.00. The van der Waals surface area contributed by atoms with E-state index in [0.717, 1.165) is 37.0 Å². The molecule has 160 valence electrons. The standard InChI is InChI=1S/C23H25Cl2NO4/c1-2-3-4-12-28-17-8-6-16(7-9-17)15-26-21-19(25)11-10-18(24)20(21)23(22(26)27)29-13-5-14-30-23/h6-11H,2-5,12-15H2,1H3. The number of unbranched alkanes of at least 4 members (excludes halogenated alkanes) is 2. The number of halogens is 2. The molecule has 0 radical (unpaired) electrons. The van der Waals surface area contributed by atoms with Crippen LogP contribution in [0, 0.1) is 0 Å². The zero-order chi connectivity index (χ0) is 21.1. The molecule has 30 heavy (non-hydrogen) atoms. The van der Waals surface area contributed by atoms with Gasteiger partial charge in [-0.3, -0.25) is 4.79 Å². The van der Waals surface area contributed by atoms with Crippen molar-refractivity contribution in [2.75, 3.05) is 24.7 Å². The first-order valence-corrected chi connectivity index (χ1v) is 11.1. The average Bonchev–Trinajstić information content (AvgIpc) is 2.99. The first-order valence-electron chi connectivity index (χ1n) is 10.4. The third-order valence-electron chi connectivity index (χ3n) is 5.38. The summed E-state index contributed by atoms with van der Waals surface area (Å²) in [7, 11) is 0. The van der Waals surface area contributed by atoms with Crippen molar-refractivity contribution in [2.45, 2.75) is 44.9 Å². The summed E-state index contributed by atoms with van der Waals surface area (Å²) in [4.78, 5) is 15.1. The van der Waals surface area contributed by atoms with Crippen LogP contribution in [0.3, 0.4) is 0 Å². The van der Waals surface area contributed by atoms with Gasteiger partial charge in [0.15, 0.2) is 0 Å². The summed E-state index contributed by atoms with van der Waals surface area (Å²) < 4.78 is 17.5. The van der Waals surface area contributed by atoms with Gasteiger partial charge in [-0.15, -0.1) is 0 Å². The van der Waals surface area contributed by atoms with Gasteiger partial charge < -0.3 is 19.1 Å². The number of carbonyl (C=O) groups is 1. The van der Waals surface area contributed by atoms with Gasteiger partial charge >= 0.3 is 0 Å². The summed E-state index contributed by atoms with van der Waals surface area (Å²) >= 11 is 13.0. The highest BCUT2D eigenvalue weighted by Crippen LogP contribution is 2.51. The van der Waals surface area contributed by atoms with Gasteiger partial charge in [-0.2, -0.15) is 0 Å². The quantitative estimate of drug-likeness (QED) is 0.508. The van der Waals surface area contributed by atoms with Crippen LogP contribution in [0.15, 0.2) is 36.4 Å². The Bertz CT molecular complexity index is 910. The van der Waals surface area contributed by atoms with E-state index < -0.39 is 5.79 Å². The van der Waals surface area contributed by atoms with Crippen molar-refractivity contribution >= 4 is 34.8 Å². The Labute approximate surface area is 186 Å². The Balaban J connectivity index is 1.58. The van der Waals surface area contributed by atoms with Gasteiger partial charge in [0.2, 0.25) is 0 Å². The first kappa shape index (κ1) is 21.4. The maximum atomic E-state index is 13.5. The molecule has 1 fully saturated rings. The summed E-state index contributed by atoms with van der Waals surface area (Å²) in [5.41, 5.74) is 1.99. The number of carbonyl (C=O) groups excluding carboxylic acids is 1. The van der Waals surface area contributed by atoms with E-state index in [1.54, 1.807) is 17.0 Å². The Morgan fingerprint density at radius 3 is 2.43 bits per heavy atom. The molecule has 0 unspecified atom stereocenters. The van der Waals surface area contributed by atoms with Gasteiger partial charge in [0.05, 0.1) is 47.7 Å². The van der Waals surface area contributed by atoms with Crippen LogP contribution in [0.5, 0.6) is 5.75 Å². The summed E-state index contributed by atoms with van der Waals surface area (Å²) in [5.74, 6) is -0.996. The van der Waals surface area contributed by atoms with Crippen LogP contribution < -0.4 is 9.64 Å². The molecule has 0 atom stereocenters. The molecule has 1 amide bonds. The van der Waals surface area contributed by atoms with E-state index >= 15 is 0 Å². The molecule has 2 aliphatic heterocycles. The monoisotopic (exact) mass is 449 g/mol. The highest BCUT2D eigenvalue weighted by atomic mass is 35.5. The summed E-state index contributed by atoms with van der Waals surface area (Å²) in [6.07, 6.45) is 4.08. The molecule has 2 aliphatic rings. The topological polar surface area (TPSA) is 48.0 Å². The van der Waals surface area contributed by atoms with Crippen molar-refractivity contribution in [1.82, 2.24) is 0 Å². The number of ether oxygens (including phenoxy) is 3. The van der Waals surface area contributed by atoms with Crippen molar-refractivity contribution in [3.8, 4) is 5.75 Å². The molecule has 0 bridgehead atoms. The number of amides is 1. The molecular formula is C23H25Cl2NO4. The van der Waals surface area contributed by atoms with Crippen LogP contribution in [-0.4, -0.2) is 25.7 Å². The zero-order valence-corrected chi connectivity index (χ0v) is 18.5. The minimum Gasteiger partial charge on any atom is -0.494 e. The van der Waals surface area contributed by atoms with Gasteiger partial charge in [-0.05, 0) is 42.7 Å². The van der Waals surface area contributed by atoms with Crippen molar-refractivity contribution in [3.63, 3.8) is 0 Å². The van der Waals surface area contributed by atoms with E-state index in [2.05, 4.69) is 6.92 Å². The third kappa shape index (κ3) is 3.92. The van der Waals surface area contributed by atoms with E-state index in [1.807, 2.05) is 24.3 Å². The van der Waals surface area contributed by atoms with Crippen LogP contribution in [0.25, 0.3) is 0 Å². The van der Waals surface area contributed by atoms with Crippen LogP contribution >= 0.6 is 23.2 Å². The van der Waals surface area contributed by atoms with Crippen molar-refractivity contribution in [1.29, 1.82) is 0 Å². The summed E-state index contributed by atoms with van der Waals surface area (Å²) in [6, 6.07) is 11.1. The number of hydrogen-bond acceptors (Lipinski definition) is 4. The fourth-order valence-corrected chi connectivity index (χ4v) is 4.41. The highest BCUT2D eigenvalue weighted by molar-refractivity contribution is 6.38. The smallest absolute Gasteiger partial charge is 0.292 e. The lowest BCUT2D eigenvalue weighted by atomic mass is 10.1. The molecule has 5 nitrogen and oxygen atoms in total. The van der Waals surface area contributed by atoms with Crippen molar-refractivity contribution in [3.05, 3.63) is 57.6 Å². The normalized spacial score (nSPS) is 17.4. The van der Waals surface area contributed by atoms with Crippen LogP contribution in [-0.2, 0) is 26.6 Å². The molecule has 2 aromatic rings. The Hall–Kier alpha value is -1.79. The lowest BCUT2D eigenvalue weighted by molar-refractivity contribution is -0.256. The summed E-state index contributed by atoms with van der Waals surface area (Å²) in [6.45, 7) is 4.05. The van der Waals surface area contributed by atoms with Gasteiger partial charge in [0, 0.05) is 0 Å².